The minimum Gasteiger partial charge on any atom is -0.297 e. The topological polar surface area (TPSA) is 50.1 Å². The van der Waals surface area contributed by atoms with Crippen molar-refractivity contribution in [3.63, 3.8) is 0 Å². The minimum atomic E-state index is 0.336. The van der Waals surface area contributed by atoms with Crippen LogP contribution in [0.15, 0.2) is 12.7 Å². The van der Waals surface area contributed by atoms with Gasteiger partial charge in [-0.1, -0.05) is 39.2 Å². The van der Waals surface area contributed by atoms with Crippen molar-refractivity contribution in [3.05, 3.63) is 18.5 Å². The standard InChI is InChI=1S/C19H34N6/c1-4-10-23-11-13-24(14-12-23)18(15-16(2)3)19-20-21-22-25(19)17-8-6-5-7-9-17/h4,16-18H,1,5-15H2,2-3H3. The van der Waals surface area contributed by atoms with Crippen molar-refractivity contribution in [1.29, 1.82) is 0 Å². The molecule has 0 amide bonds. The molecule has 1 unspecified atom stereocenters. The van der Waals surface area contributed by atoms with Crippen LogP contribution < -0.4 is 0 Å². The van der Waals surface area contributed by atoms with E-state index in [1.165, 1.54) is 32.1 Å². The number of aromatic nitrogens is 4. The Morgan fingerprint density at radius 2 is 1.84 bits per heavy atom. The zero-order valence-electron chi connectivity index (χ0n) is 16.0. The van der Waals surface area contributed by atoms with Gasteiger partial charge in [0.25, 0.3) is 0 Å². The summed E-state index contributed by atoms with van der Waals surface area (Å²) < 4.78 is 2.17. The van der Waals surface area contributed by atoms with Gasteiger partial charge in [0.2, 0.25) is 0 Å². The number of tetrazole rings is 1. The van der Waals surface area contributed by atoms with Gasteiger partial charge < -0.3 is 0 Å². The van der Waals surface area contributed by atoms with Crippen molar-refractivity contribution in [3.8, 4) is 0 Å². The van der Waals surface area contributed by atoms with E-state index in [1.54, 1.807) is 0 Å². The Morgan fingerprint density at radius 3 is 2.48 bits per heavy atom. The summed E-state index contributed by atoms with van der Waals surface area (Å²) in [5, 5.41) is 13.0. The van der Waals surface area contributed by atoms with Gasteiger partial charge in [-0.3, -0.25) is 9.80 Å². The summed E-state index contributed by atoms with van der Waals surface area (Å²) in [6, 6.07) is 0.832. The zero-order chi connectivity index (χ0) is 17.6. The van der Waals surface area contributed by atoms with E-state index in [0.29, 0.717) is 18.0 Å². The molecule has 0 aromatic carbocycles. The maximum atomic E-state index is 4.51. The summed E-state index contributed by atoms with van der Waals surface area (Å²) in [6.07, 6.45) is 9.53. The Morgan fingerprint density at radius 1 is 1.12 bits per heavy atom. The van der Waals surface area contributed by atoms with E-state index >= 15 is 0 Å². The number of nitrogens with zero attached hydrogens (tertiary/aromatic N) is 6. The molecule has 3 rings (SSSR count). The highest BCUT2D eigenvalue weighted by Crippen LogP contribution is 2.33. The van der Waals surface area contributed by atoms with Crippen LogP contribution in [0.3, 0.4) is 0 Å². The molecule has 0 bridgehead atoms. The smallest absolute Gasteiger partial charge is 0.168 e. The molecule has 1 aromatic heterocycles. The molecule has 0 N–H and O–H groups in total. The summed E-state index contributed by atoms with van der Waals surface area (Å²) in [4.78, 5) is 5.07. The van der Waals surface area contributed by atoms with Crippen LogP contribution in [-0.2, 0) is 0 Å². The molecule has 0 radical (unpaired) electrons. The van der Waals surface area contributed by atoms with Crippen molar-refractivity contribution >= 4 is 0 Å². The number of hydrogen-bond donors (Lipinski definition) is 0. The van der Waals surface area contributed by atoms with Gasteiger partial charge in [0.1, 0.15) is 0 Å². The van der Waals surface area contributed by atoms with Gasteiger partial charge in [0.05, 0.1) is 12.1 Å². The van der Waals surface area contributed by atoms with Gasteiger partial charge in [0, 0.05) is 32.7 Å². The molecule has 2 heterocycles. The normalized spacial score (nSPS) is 22.4. The Labute approximate surface area is 152 Å². The van der Waals surface area contributed by atoms with Crippen LogP contribution in [0.1, 0.15) is 70.3 Å². The fourth-order valence-corrected chi connectivity index (χ4v) is 4.31. The molecule has 1 aliphatic heterocycles. The van der Waals surface area contributed by atoms with Crippen molar-refractivity contribution in [2.45, 2.75) is 64.5 Å². The maximum Gasteiger partial charge on any atom is 0.168 e. The van der Waals surface area contributed by atoms with Crippen molar-refractivity contribution < 1.29 is 0 Å². The quantitative estimate of drug-likeness (QED) is 0.710. The Balaban J connectivity index is 1.75. The van der Waals surface area contributed by atoms with Crippen molar-refractivity contribution in [2.75, 3.05) is 32.7 Å². The van der Waals surface area contributed by atoms with Gasteiger partial charge in [-0.05, 0) is 35.6 Å². The molecule has 2 aliphatic rings. The van der Waals surface area contributed by atoms with Crippen LogP contribution in [-0.4, -0.2) is 62.7 Å². The Bertz CT molecular complexity index is 526. The summed E-state index contributed by atoms with van der Waals surface area (Å²) in [5.41, 5.74) is 0. The monoisotopic (exact) mass is 346 g/mol. The fourth-order valence-electron chi connectivity index (χ4n) is 4.31. The first-order valence-corrected chi connectivity index (χ1v) is 10.0. The van der Waals surface area contributed by atoms with Crippen LogP contribution in [0, 0.1) is 5.92 Å². The van der Waals surface area contributed by atoms with Gasteiger partial charge in [-0.15, -0.1) is 11.7 Å². The van der Waals surface area contributed by atoms with E-state index in [1.807, 2.05) is 6.08 Å². The lowest BCUT2D eigenvalue weighted by molar-refractivity contribution is 0.0845. The van der Waals surface area contributed by atoms with Gasteiger partial charge >= 0.3 is 0 Å². The van der Waals surface area contributed by atoms with E-state index < -0.39 is 0 Å². The third-order valence-corrected chi connectivity index (χ3v) is 5.67. The maximum absolute atomic E-state index is 4.51. The largest absolute Gasteiger partial charge is 0.297 e. The first kappa shape index (κ1) is 18.5. The summed E-state index contributed by atoms with van der Waals surface area (Å²) in [7, 11) is 0. The van der Waals surface area contributed by atoms with E-state index in [2.05, 4.69) is 50.4 Å². The minimum absolute atomic E-state index is 0.336. The third-order valence-electron chi connectivity index (χ3n) is 5.67. The lowest BCUT2D eigenvalue weighted by Crippen LogP contribution is -2.48. The van der Waals surface area contributed by atoms with Crippen LogP contribution in [0.25, 0.3) is 0 Å². The molecule has 1 saturated carbocycles. The highest BCUT2D eigenvalue weighted by atomic mass is 15.6. The van der Waals surface area contributed by atoms with Gasteiger partial charge in [-0.2, -0.15) is 0 Å². The molecule has 140 valence electrons. The molecule has 1 aliphatic carbocycles. The summed E-state index contributed by atoms with van der Waals surface area (Å²) >= 11 is 0. The van der Waals surface area contributed by atoms with Crippen LogP contribution in [0.5, 0.6) is 0 Å². The molecule has 1 atom stereocenters. The van der Waals surface area contributed by atoms with Crippen LogP contribution >= 0.6 is 0 Å². The lowest BCUT2D eigenvalue weighted by atomic mass is 9.94. The van der Waals surface area contributed by atoms with Gasteiger partial charge in [-0.25, -0.2) is 4.68 Å². The van der Waals surface area contributed by atoms with Crippen molar-refractivity contribution in [2.24, 2.45) is 5.92 Å². The fraction of sp³-hybridized carbons (Fsp3) is 0.842. The molecular weight excluding hydrogens is 312 g/mol. The number of piperazine rings is 1. The number of hydrogen-bond acceptors (Lipinski definition) is 5. The molecule has 1 aromatic rings. The molecular formula is C19H34N6. The molecule has 0 spiro atoms. The average molecular weight is 347 g/mol. The second kappa shape index (κ2) is 8.90. The summed E-state index contributed by atoms with van der Waals surface area (Å²) in [5.74, 6) is 1.73. The first-order valence-electron chi connectivity index (χ1n) is 10.0. The van der Waals surface area contributed by atoms with E-state index in [9.17, 15) is 0 Å². The van der Waals surface area contributed by atoms with E-state index in [-0.39, 0.29) is 0 Å². The van der Waals surface area contributed by atoms with Gasteiger partial charge in [0.15, 0.2) is 5.82 Å². The van der Waals surface area contributed by atoms with E-state index in [4.69, 9.17) is 0 Å². The molecule has 6 nitrogen and oxygen atoms in total. The SMILES string of the molecule is C=CCN1CCN(C(CC(C)C)c2nnnn2C2CCCCC2)CC1. The number of rotatable bonds is 7. The Kier molecular flexibility index (Phi) is 6.59. The average Bonchev–Trinajstić information content (AvgIpc) is 3.11. The molecule has 2 fully saturated rings. The lowest BCUT2D eigenvalue weighted by Gasteiger charge is -2.39. The second-order valence-corrected chi connectivity index (χ2v) is 8.04. The Hall–Kier alpha value is -1.27. The highest BCUT2D eigenvalue weighted by molar-refractivity contribution is 4.98. The molecule has 6 heteroatoms. The van der Waals surface area contributed by atoms with Crippen LogP contribution in [0.2, 0.25) is 0 Å². The van der Waals surface area contributed by atoms with Crippen molar-refractivity contribution in [1.82, 2.24) is 30.0 Å². The highest BCUT2D eigenvalue weighted by Gasteiger charge is 2.31. The molecule has 1 saturated heterocycles. The first-order chi connectivity index (χ1) is 12.2. The van der Waals surface area contributed by atoms with Crippen LogP contribution in [0.4, 0.5) is 0 Å². The predicted octanol–water partition coefficient (Wildman–Crippen LogP) is 3.07. The third kappa shape index (κ3) is 4.67. The zero-order valence-corrected chi connectivity index (χ0v) is 16.0. The summed E-state index contributed by atoms with van der Waals surface area (Å²) in [6.45, 7) is 13.8. The molecule has 25 heavy (non-hydrogen) atoms. The second-order valence-electron chi connectivity index (χ2n) is 8.04. The predicted molar refractivity (Wildman–Crippen MR) is 100 cm³/mol. The van der Waals surface area contributed by atoms with E-state index in [0.717, 1.165) is 45.0 Å².